The topological polar surface area (TPSA) is 105 Å². The van der Waals surface area contributed by atoms with Crippen molar-refractivity contribution < 1.29 is 32.6 Å². The Morgan fingerprint density at radius 2 is 1.95 bits per heavy atom. The third-order valence-electron chi connectivity index (χ3n) is 6.21. The van der Waals surface area contributed by atoms with Gasteiger partial charge in [0.15, 0.2) is 5.58 Å². The molecule has 1 aliphatic heterocycles. The smallest absolute Gasteiger partial charge is 0.335 e. The van der Waals surface area contributed by atoms with Crippen molar-refractivity contribution in [1.29, 1.82) is 0 Å². The second-order valence-corrected chi connectivity index (χ2v) is 9.33. The number of likely N-dealkylation sites (tertiary alicyclic amines) is 1. The number of ether oxygens (including phenoxy) is 1. The molecule has 1 aromatic heterocycles. The molecular weight excluding hydrogens is 520 g/mol. The van der Waals surface area contributed by atoms with Gasteiger partial charge in [0.05, 0.1) is 35.3 Å². The van der Waals surface area contributed by atoms with Crippen LogP contribution in [0.4, 0.5) is 20.5 Å². The number of hydrogen-bond acceptors (Lipinski definition) is 6. The summed E-state index contributed by atoms with van der Waals surface area (Å²) in [7, 11) is 0. The van der Waals surface area contributed by atoms with Gasteiger partial charge in [0, 0.05) is 12.5 Å². The maximum absolute atomic E-state index is 14.2. The number of nitrogens with zero attached hydrogens (tertiary/aromatic N) is 2. The van der Waals surface area contributed by atoms with Crippen LogP contribution in [0.15, 0.2) is 65.1 Å². The van der Waals surface area contributed by atoms with Gasteiger partial charge in [0.1, 0.15) is 29.9 Å². The molecule has 0 radical (unpaired) electrons. The van der Waals surface area contributed by atoms with E-state index in [9.17, 15) is 18.4 Å². The first-order valence-electron chi connectivity index (χ1n) is 11.8. The van der Waals surface area contributed by atoms with Gasteiger partial charge in [-0.25, -0.2) is 13.6 Å². The second kappa shape index (κ2) is 10.7. The number of oxazole rings is 1. The van der Waals surface area contributed by atoms with Gasteiger partial charge in [-0.3, -0.25) is 4.79 Å². The maximum atomic E-state index is 14.2. The predicted octanol–water partition coefficient (Wildman–Crippen LogP) is 5.62. The monoisotopic (exact) mass is 541 g/mol. The molecule has 2 N–H and O–H groups in total. The third-order valence-corrected chi connectivity index (χ3v) is 6.52. The number of carboxylic acid groups (broad SMARTS) is 1. The summed E-state index contributed by atoms with van der Waals surface area (Å²) in [5.74, 6) is -1.30. The van der Waals surface area contributed by atoms with E-state index in [1.807, 2.05) is 0 Å². The number of nitrogens with one attached hydrogen (secondary N) is 1. The SMILES string of the molecule is O=C(O)c1ccc(OC[C@@H]2C[C@H](F)CN2C(=O)Cc2ccc(Nc3nc4cc(F)ccc4o3)c(Cl)c2)cc1. The lowest BCUT2D eigenvalue weighted by molar-refractivity contribution is -0.132. The summed E-state index contributed by atoms with van der Waals surface area (Å²) >= 11 is 6.41. The Labute approximate surface area is 220 Å². The van der Waals surface area contributed by atoms with Crippen LogP contribution in [-0.2, 0) is 11.2 Å². The number of fused-ring (bicyclic) bond motifs is 1. The number of benzene rings is 3. The van der Waals surface area contributed by atoms with E-state index in [1.54, 1.807) is 18.2 Å². The first-order chi connectivity index (χ1) is 18.2. The van der Waals surface area contributed by atoms with E-state index in [0.717, 1.165) is 0 Å². The van der Waals surface area contributed by atoms with Gasteiger partial charge >= 0.3 is 5.97 Å². The van der Waals surface area contributed by atoms with E-state index in [0.29, 0.717) is 33.1 Å². The number of anilines is 2. The van der Waals surface area contributed by atoms with Crippen LogP contribution in [0.1, 0.15) is 22.3 Å². The van der Waals surface area contributed by atoms with Gasteiger partial charge in [-0.05, 0) is 54.1 Å². The lowest BCUT2D eigenvalue weighted by atomic mass is 10.1. The minimum absolute atomic E-state index is 0.0126. The number of carboxylic acids is 1. The first-order valence-corrected chi connectivity index (χ1v) is 12.1. The molecular formula is C27H22ClF2N3O5. The Hall–Kier alpha value is -4.18. The second-order valence-electron chi connectivity index (χ2n) is 8.92. The van der Waals surface area contributed by atoms with Gasteiger partial charge in [-0.2, -0.15) is 4.98 Å². The summed E-state index contributed by atoms with van der Waals surface area (Å²) in [5.41, 5.74) is 2.03. The highest BCUT2D eigenvalue weighted by molar-refractivity contribution is 6.33. The molecule has 0 bridgehead atoms. The van der Waals surface area contributed by atoms with Crippen LogP contribution in [-0.4, -0.2) is 52.2 Å². The Kier molecular flexibility index (Phi) is 7.15. The zero-order valence-electron chi connectivity index (χ0n) is 19.9. The fourth-order valence-corrected chi connectivity index (χ4v) is 4.57. The van der Waals surface area contributed by atoms with Crippen molar-refractivity contribution in [1.82, 2.24) is 9.88 Å². The molecule has 5 rings (SSSR count). The molecule has 0 aliphatic carbocycles. The molecule has 8 nitrogen and oxygen atoms in total. The van der Waals surface area contributed by atoms with Crippen molar-refractivity contribution in [3.63, 3.8) is 0 Å². The van der Waals surface area contributed by atoms with Crippen LogP contribution in [0.5, 0.6) is 5.75 Å². The molecule has 1 fully saturated rings. The number of amides is 1. The molecule has 2 heterocycles. The molecule has 0 spiro atoms. The summed E-state index contributed by atoms with van der Waals surface area (Å²) in [4.78, 5) is 29.7. The number of aromatic nitrogens is 1. The first kappa shape index (κ1) is 25.5. The zero-order chi connectivity index (χ0) is 26.8. The van der Waals surface area contributed by atoms with Crippen molar-refractivity contribution in [2.24, 2.45) is 0 Å². The normalized spacial score (nSPS) is 17.1. The average Bonchev–Trinajstić information content (AvgIpc) is 3.46. The highest BCUT2D eigenvalue weighted by Gasteiger charge is 2.35. The Morgan fingerprint density at radius 1 is 1.16 bits per heavy atom. The number of aromatic carboxylic acids is 1. The van der Waals surface area contributed by atoms with Crippen molar-refractivity contribution in [2.75, 3.05) is 18.5 Å². The van der Waals surface area contributed by atoms with Gasteiger partial charge in [0.2, 0.25) is 5.91 Å². The number of rotatable bonds is 8. The average molecular weight is 542 g/mol. The van der Waals surface area contributed by atoms with E-state index in [2.05, 4.69) is 10.3 Å². The Bertz CT molecular complexity index is 1490. The highest BCUT2D eigenvalue weighted by Crippen LogP contribution is 2.29. The molecule has 3 aromatic carbocycles. The van der Waals surface area contributed by atoms with Gasteiger partial charge in [-0.15, -0.1) is 0 Å². The maximum Gasteiger partial charge on any atom is 0.335 e. The fourth-order valence-electron chi connectivity index (χ4n) is 4.32. The number of carbonyl (C=O) groups excluding carboxylic acids is 1. The minimum Gasteiger partial charge on any atom is -0.491 e. The number of halogens is 3. The molecule has 1 amide bonds. The van der Waals surface area contributed by atoms with Crippen molar-refractivity contribution in [3.8, 4) is 5.75 Å². The van der Waals surface area contributed by atoms with Crippen LogP contribution in [0.25, 0.3) is 11.1 Å². The predicted molar refractivity (Wildman–Crippen MR) is 136 cm³/mol. The molecule has 38 heavy (non-hydrogen) atoms. The van der Waals surface area contributed by atoms with E-state index >= 15 is 0 Å². The van der Waals surface area contributed by atoms with Crippen molar-refractivity contribution >= 4 is 46.3 Å². The van der Waals surface area contributed by atoms with Crippen LogP contribution in [0.2, 0.25) is 5.02 Å². The summed E-state index contributed by atoms with van der Waals surface area (Å²) < 4.78 is 38.9. The van der Waals surface area contributed by atoms with E-state index in [-0.39, 0.29) is 43.5 Å². The molecule has 196 valence electrons. The molecule has 2 atom stereocenters. The summed E-state index contributed by atoms with van der Waals surface area (Å²) in [6.07, 6.45) is -1.00. The van der Waals surface area contributed by atoms with E-state index in [4.69, 9.17) is 25.9 Å². The summed E-state index contributed by atoms with van der Waals surface area (Å²) in [6, 6.07) is 14.6. The standard InChI is InChI=1S/C27H22ClF2N3O5/c28-21-9-15(1-7-22(21)31-27-32-23-12-17(29)4-8-24(23)38-27)10-25(34)33-13-18(30)11-19(33)14-37-20-5-2-16(3-6-20)26(35)36/h1-9,12,18-19H,10-11,13-14H2,(H,31,32)(H,35,36)/t18-,19-/m0/s1. The minimum atomic E-state index is -1.16. The van der Waals surface area contributed by atoms with Gasteiger partial charge in [-0.1, -0.05) is 17.7 Å². The van der Waals surface area contributed by atoms with E-state index < -0.39 is 24.0 Å². The van der Waals surface area contributed by atoms with Crippen LogP contribution >= 0.6 is 11.6 Å². The summed E-state index contributed by atoms with van der Waals surface area (Å²) in [5, 5.41) is 12.3. The van der Waals surface area contributed by atoms with Crippen LogP contribution < -0.4 is 10.1 Å². The van der Waals surface area contributed by atoms with Crippen molar-refractivity contribution in [3.05, 3.63) is 82.6 Å². The van der Waals surface area contributed by atoms with E-state index in [1.165, 1.54) is 47.4 Å². The Balaban J connectivity index is 1.21. The lowest BCUT2D eigenvalue weighted by Crippen LogP contribution is -2.40. The summed E-state index contributed by atoms with van der Waals surface area (Å²) in [6.45, 7) is 0.0487. The number of alkyl halides is 1. The van der Waals surface area contributed by atoms with Crippen molar-refractivity contribution in [2.45, 2.75) is 25.1 Å². The molecule has 0 saturated carbocycles. The lowest BCUT2D eigenvalue weighted by Gasteiger charge is -2.24. The van der Waals surface area contributed by atoms with Crippen LogP contribution in [0, 0.1) is 5.82 Å². The molecule has 11 heteroatoms. The zero-order valence-corrected chi connectivity index (χ0v) is 20.6. The van der Waals surface area contributed by atoms with Gasteiger partial charge in [0.25, 0.3) is 6.01 Å². The number of carbonyl (C=O) groups is 2. The third kappa shape index (κ3) is 5.70. The quantitative estimate of drug-likeness (QED) is 0.298. The molecule has 0 unspecified atom stereocenters. The van der Waals surface area contributed by atoms with Crippen LogP contribution in [0.3, 0.4) is 0 Å². The highest BCUT2D eigenvalue weighted by atomic mass is 35.5. The molecule has 1 saturated heterocycles. The Morgan fingerprint density at radius 3 is 2.68 bits per heavy atom. The largest absolute Gasteiger partial charge is 0.491 e. The molecule has 4 aromatic rings. The molecule has 1 aliphatic rings. The number of hydrogen-bond donors (Lipinski definition) is 2. The van der Waals surface area contributed by atoms with Gasteiger partial charge < -0.3 is 24.5 Å². The fraction of sp³-hybridized carbons (Fsp3) is 0.222.